The molecule has 0 amide bonds. The van der Waals surface area contributed by atoms with Gasteiger partial charge in [-0.15, -0.1) is 0 Å². The normalized spacial score (nSPS) is 12.6. The molecule has 1 aromatic carbocycles. The van der Waals surface area contributed by atoms with Crippen molar-refractivity contribution in [3.8, 4) is 0 Å². The van der Waals surface area contributed by atoms with Gasteiger partial charge >= 0.3 is 0 Å². The molecule has 0 aliphatic heterocycles. The molecular formula is C13H18N4. The Hall–Kier alpha value is -1.68. The standard InChI is InChI=1S/C13H18N4/c1-11(7-8-14)13-15-10-16-17(13)9-12-5-3-2-4-6-12/h2-6,10-11H,7-9,14H2,1H3. The van der Waals surface area contributed by atoms with Crippen molar-refractivity contribution in [2.75, 3.05) is 6.54 Å². The second-order valence-electron chi connectivity index (χ2n) is 4.24. The summed E-state index contributed by atoms with van der Waals surface area (Å²) in [4.78, 5) is 4.33. The summed E-state index contributed by atoms with van der Waals surface area (Å²) >= 11 is 0. The fourth-order valence-electron chi connectivity index (χ4n) is 1.91. The first-order chi connectivity index (χ1) is 8.31. The average molecular weight is 230 g/mol. The molecule has 0 bridgehead atoms. The van der Waals surface area contributed by atoms with Crippen molar-refractivity contribution < 1.29 is 0 Å². The molecule has 2 N–H and O–H groups in total. The summed E-state index contributed by atoms with van der Waals surface area (Å²) in [5, 5.41) is 4.28. The minimum atomic E-state index is 0.353. The van der Waals surface area contributed by atoms with Crippen LogP contribution >= 0.6 is 0 Å². The summed E-state index contributed by atoms with van der Waals surface area (Å²) in [6.45, 7) is 3.59. The van der Waals surface area contributed by atoms with E-state index in [1.165, 1.54) is 5.56 Å². The predicted octanol–water partition coefficient (Wildman–Crippen LogP) is 1.78. The predicted molar refractivity (Wildman–Crippen MR) is 67.7 cm³/mol. The van der Waals surface area contributed by atoms with Gasteiger partial charge in [0.25, 0.3) is 0 Å². The van der Waals surface area contributed by atoms with E-state index in [9.17, 15) is 0 Å². The van der Waals surface area contributed by atoms with Gasteiger partial charge in [-0.3, -0.25) is 0 Å². The third-order valence-corrected chi connectivity index (χ3v) is 2.86. The number of nitrogens with zero attached hydrogens (tertiary/aromatic N) is 3. The quantitative estimate of drug-likeness (QED) is 0.851. The number of rotatable bonds is 5. The molecule has 1 heterocycles. The van der Waals surface area contributed by atoms with Crippen LogP contribution in [0.1, 0.15) is 30.7 Å². The Morgan fingerprint density at radius 3 is 2.76 bits per heavy atom. The van der Waals surface area contributed by atoms with E-state index in [4.69, 9.17) is 5.73 Å². The van der Waals surface area contributed by atoms with Crippen LogP contribution in [0.4, 0.5) is 0 Å². The maximum absolute atomic E-state index is 5.58. The zero-order chi connectivity index (χ0) is 12.1. The van der Waals surface area contributed by atoms with Crippen LogP contribution in [0.2, 0.25) is 0 Å². The van der Waals surface area contributed by atoms with E-state index in [2.05, 4.69) is 29.1 Å². The van der Waals surface area contributed by atoms with Gasteiger partial charge < -0.3 is 5.73 Å². The minimum absolute atomic E-state index is 0.353. The van der Waals surface area contributed by atoms with Gasteiger partial charge in [0.2, 0.25) is 0 Å². The van der Waals surface area contributed by atoms with E-state index in [-0.39, 0.29) is 0 Å². The smallest absolute Gasteiger partial charge is 0.138 e. The maximum atomic E-state index is 5.58. The Bertz CT molecular complexity index is 449. The van der Waals surface area contributed by atoms with E-state index in [1.54, 1.807) is 6.33 Å². The van der Waals surface area contributed by atoms with Crippen molar-refractivity contribution in [3.63, 3.8) is 0 Å². The zero-order valence-electron chi connectivity index (χ0n) is 10.1. The first kappa shape index (κ1) is 11.8. The van der Waals surface area contributed by atoms with Crippen LogP contribution in [0, 0.1) is 0 Å². The van der Waals surface area contributed by atoms with Crippen LogP contribution in [0.25, 0.3) is 0 Å². The maximum Gasteiger partial charge on any atom is 0.138 e. The zero-order valence-corrected chi connectivity index (χ0v) is 10.1. The van der Waals surface area contributed by atoms with Crippen LogP contribution in [0.3, 0.4) is 0 Å². The van der Waals surface area contributed by atoms with Gasteiger partial charge in [0.15, 0.2) is 0 Å². The third kappa shape index (κ3) is 2.91. The molecule has 0 saturated heterocycles. The molecule has 0 saturated carbocycles. The fourth-order valence-corrected chi connectivity index (χ4v) is 1.91. The molecule has 2 rings (SSSR count). The van der Waals surface area contributed by atoms with E-state index in [0.29, 0.717) is 12.5 Å². The lowest BCUT2D eigenvalue weighted by Gasteiger charge is -2.11. The molecule has 0 radical (unpaired) electrons. The lowest BCUT2D eigenvalue weighted by atomic mass is 10.1. The molecule has 90 valence electrons. The largest absolute Gasteiger partial charge is 0.330 e. The molecule has 1 atom stereocenters. The van der Waals surface area contributed by atoms with Crippen molar-refractivity contribution in [1.29, 1.82) is 0 Å². The molecule has 0 aliphatic carbocycles. The van der Waals surface area contributed by atoms with Crippen LogP contribution in [0.15, 0.2) is 36.7 Å². The van der Waals surface area contributed by atoms with Gasteiger partial charge in [-0.2, -0.15) is 5.10 Å². The first-order valence-corrected chi connectivity index (χ1v) is 5.93. The molecule has 17 heavy (non-hydrogen) atoms. The Morgan fingerprint density at radius 1 is 1.29 bits per heavy atom. The summed E-state index contributed by atoms with van der Waals surface area (Å²) in [7, 11) is 0. The Balaban J connectivity index is 2.14. The Morgan fingerprint density at radius 2 is 2.06 bits per heavy atom. The number of aromatic nitrogens is 3. The monoisotopic (exact) mass is 230 g/mol. The average Bonchev–Trinajstić information content (AvgIpc) is 2.79. The first-order valence-electron chi connectivity index (χ1n) is 5.93. The summed E-state index contributed by atoms with van der Waals surface area (Å²) < 4.78 is 1.95. The van der Waals surface area contributed by atoms with Gasteiger partial charge in [-0.05, 0) is 18.5 Å². The highest BCUT2D eigenvalue weighted by Gasteiger charge is 2.12. The molecule has 4 heteroatoms. The third-order valence-electron chi connectivity index (χ3n) is 2.86. The van der Waals surface area contributed by atoms with Crippen LogP contribution < -0.4 is 5.73 Å². The van der Waals surface area contributed by atoms with E-state index in [1.807, 2.05) is 22.9 Å². The molecular weight excluding hydrogens is 212 g/mol. The highest BCUT2D eigenvalue weighted by Crippen LogP contribution is 2.16. The topological polar surface area (TPSA) is 56.7 Å². The Labute approximate surface area is 101 Å². The highest BCUT2D eigenvalue weighted by atomic mass is 15.3. The fraction of sp³-hybridized carbons (Fsp3) is 0.385. The summed E-state index contributed by atoms with van der Waals surface area (Å²) in [5.41, 5.74) is 6.82. The lowest BCUT2D eigenvalue weighted by molar-refractivity contribution is 0.565. The van der Waals surface area contributed by atoms with Gasteiger partial charge in [0.1, 0.15) is 12.2 Å². The second-order valence-corrected chi connectivity index (χ2v) is 4.24. The number of hydrogen-bond acceptors (Lipinski definition) is 3. The van der Waals surface area contributed by atoms with Gasteiger partial charge in [-0.25, -0.2) is 9.67 Å². The molecule has 0 spiro atoms. The highest BCUT2D eigenvalue weighted by molar-refractivity contribution is 5.15. The lowest BCUT2D eigenvalue weighted by Crippen LogP contribution is -2.12. The molecule has 0 aliphatic rings. The van der Waals surface area contributed by atoms with Crippen molar-refractivity contribution in [3.05, 3.63) is 48.0 Å². The van der Waals surface area contributed by atoms with Gasteiger partial charge in [0.05, 0.1) is 6.54 Å². The molecule has 2 aromatic rings. The van der Waals surface area contributed by atoms with Gasteiger partial charge in [-0.1, -0.05) is 37.3 Å². The number of nitrogens with two attached hydrogens (primary N) is 1. The Kier molecular flexibility index (Phi) is 3.88. The van der Waals surface area contributed by atoms with Gasteiger partial charge in [0, 0.05) is 5.92 Å². The van der Waals surface area contributed by atoms with Crippen molar-refractivity contribution in [2.45, 2.75) is 25.8 Å². The second kappa shape index (κ2) is 5.59. The molecule has 1 unspecified atom stereocenters. The molecule has 4 nitrogen and oxygen atoms in total. The summed E-state index contributed by atoms with van der Waals surface area (Å²) in [5.74, 6) is 1.37. The van der Waals surface area contributed by atoms with E-state index in [0.717, 1.165) is 18.8 Å². The van der Waals surface area contributed by atoms with Crippen molar-refractivity contribution in [2.24, 2.45) is 5.73 Å². The van der Waals surface area contributed by atoms with Crippen LogP contribution in [-0.2, 0) is 6.54 Å². The number of hydrogen-bond donors (Lipinski definition) is 1. The van der Waals surface area contributed by atoms with Crippen LogP contribution in [-0.4, -0.2) is 21.3 Å². The number of benzene rings is 1. The molecule has 0 fully saturated rings. The SMILES string of the molecule is CC(CCN)c1ncnn1Cc1ccccc1. The van der Waals surface area contributed by atoms with Crippen molar-refractivity contribution >= 4 is 0 Å². The summed E-state index contributed by atoms with van der Waals surface area (Å²) in [6.07, 6.45) is 2.55. The molecule has 1 aromatic heterocycles. The minimum Gasteiger partial charge on any atom is -0.330 e. The van der Waals surface area contributed by atoms with E-state index < -0.39 is 0 Å². The van der Waals surface area contributed by atoms with Crippen molar-refractivity contribution in [1.82, 2.24) is 14.8 Å². The summed E-state index contributed by atoms with van der Waals surface area (Å²) in [6, 6.07) is 10.3. The van der Waals surface area contributed by atoms with Crippen LogP contribution in [0.5, 0.6) is 0 Å². The van der Waals surface area contributed by atoms with E-state index >= 15 is 0 Å².